The average molecular weight is 346 g/mol. The maximum absolute atomic E-state index is 11.9. The van der Waals surface area contributed by atoms with Crippen LogP contribution in [0.25, 0.3) is 6.20 Å². The summed E-state index contributed by atoms with van der Waals surface area (Å²) in [7, 11) is 0. The van der Waals surface area contributed by atoms with Crippen molar-refractivity contribution < 1.29 is 9.53 Å². The summed E-state index contributed by atoms with van der Waals surface area (Å²) >= 11 is 0. The molecule has 1 aromatic rings. The smallest absolute Gasteiger partial charge is 0.407 e. The molecule has 1 aromatic heterocycles. The Kier molecular flexibility index (Phi) is 5.18. The monoisotopic (exact) mass is 346 g/mol. The number of rotatable bonds is 5. The van der Waals surface area contributed by atoms with Crippen molar-refractivity contribution in [3.63, 3.8) is 0 Å². The molecule has 2 aliphatic heterocycles. The predicted molar refractivity (Wildman–Crippen MR) is 97.9 cm³/mol. The highest BCUT2D eigenvalue weighted by Gasteiger charge is 2.40. The largest absolute Gasteiger partial charge is 0.444 e. The number of amides is 1. The lowest BCUT2D eigenvalue weighted by molar-refractivity contribution is -0.00609. The third kappa shape index (κ3) is 4.63. The summed E-state index contributed by atoms with van der Waals surface area (Å²) in [5.41, 5.74) is 0.763. The minimum Gasteiger partial charge on any atom is -0.444 e. The van der Waals surface area contributed by atoms with Crippen molar-refractivity contribution in [1.82, 2.24) is 20.0 Å². The molecule has 3 atom stereocenters. The van der Waals surface area contributed by atoms with Gasteiger partial charge < -0.3 is 10.1 Å². The molecule has 3 aliphatic rings. The number of carbonyl (C=O) groups is 1. The summed E-state index contributed by atoms with van der Waals surface area (Å²) in [6.07, 6.45) is 9.05. The molecule has 3 unspecified atom stereocenters. The van der Waals surface area contributed by atoms with Gasteiger partial charge >= 0.3 is 6.09 Å². The second kappa shape index (κ2) is 7.20. The van der Waals surface area contributed by atoms with Crippen molar-refractivity contribution in [2.45, 2.75) is 58.2 Å². The van der Waals surface area contributed by atoms with Gasteiger partial charge in [0.25, 0.3) is 0 Å². The lowest BCUT2D eigenvalue weighted by Crippen LogP contribution is -2.55. The molecule has 138 valence electrons. The highest BCUT2D eigenvalue weighted by Crippen LogP contribution is 2.39. The normalized spacial score (nSPS) is 26.4. The van der Waals surface area contributed by atoms with Crippen LogP contribution >= 0.6 is 0 Å². The number of carbonyl (C=O) groups excluding carboxylic acids is 1. The molecular weight excluding hydrogens is 316 g/mol. The Morgan fingerprint density at radius 1 is 1.48 bits per heavy atom. The molecule has 0 radical (unpaired) electrons. The van der Waals surface area contributed by atoms with Crippen molar-refractivity contribution in [2.75, 3.05) is 13.1 Å². The summed E-state index contributed by atoms with van der Waals surface area (Å²) < 4.78 is 7.11. The number of nitrogens with one attached hydrogen (secondary N) is 1. The van der Waals surface area contributed by atoms with Gasteiger partial charge in [-0.25, -0.2) is 9.48 Å². The van der Waals surface area contributed by atoms with Crippen LogP contribution in [0.5, 0.6) is 0 Å². The summed E-state index contributed by atoms with van der Waals surface area (Å²) in [5, 5.41) is 7.25. The van der Waals surface area contributed by atoms with Crippen molar-refractivity contribution >= 4 is 12.3 Å². The Labute approximate surface area is 150 Å². The predicted octanol–water partition coefficient (Wildman–Crippen LogP) is 3.11. The molecular formula is C19H30N4O2. The van der Waals surface area contributed by atoms with Gasteiger partial charge in [0.15, 0.2) is 0 Å². The molecule has 3 fully saturated rings. The van der Waals surface area contributed by atoms with Gasteiger partial charge in [-0.2, -0.15) is 5.10 Å². The van der Waals surface area contributed by atoms with Gasteiger partial charge in [0, 0.05) is 43.6 Å². The van der Waals surface area contributed by atoms with E-state index in [1.807, 2.05) is 33.2 Å². The van der Waals surface area contributed by atoms with E-state index in [9.17, 15) is 4.79 Å². The van der Waals surface area contributed by atoms with E-state index in [-0.39, 0.29) is 6.09 Å². The number of piperidine rings is 2. The van der Waals surface area contributed by atoms with Crippen LogP contribution in [0.3, 0.4) is 0 Å². The molecule has 2 saturated heterocycles. The lowest BCUT2D eigenvalue weighted by atomic mass is 9.72. The van der Waals surface area contributed by atoms with Crippen LogP contribution in [0.2, 0.25) is 0 Å². The number of hydrogen-bond acceptors (Lipinski definition) is 4. The van der Waals surface area contributed by atoms with Gasteiger partial charge in [-0.3, -0.25) is 4.90 Å². The Hall–Kier alpha value is -1.82. The fourth-order valence-electron chi connectivity index (χ4n) is 4.18. The first-order valence-electron chi connectivity index (χ1n) is 9.20. The third-order valence-electron chi connectivity index (χ3n) is 5.15. The number of alkyl carbamates (subject to hydrolysis) is 1. The molecule has 1 N–H and O–H groups in total. The van der Waals surface area contributed by atoms with Crippen molar-refractivity contribution in [3.05, 3.63) is 24.5 Å². The fraction of sp³-hybridized carbons (Fsp3) is 0.684. The molecule has 4 rings (SSSR count). The quantitative estimate of drug-likeness (QED) is 0.890. The molecule has 25 heavy (non-hydrogen) atoms. The maximum Gasteiger partial charge on any atom is 0.407 e. The third-order valence-corrected chi connectivity index (χ3v) is 5.15. The van der Waals surface area contributed by atoms with Crippen LogP contribution in [0.15, 0.2) is 19.0 Å². The summed E-state index contributed by atoms with van der Waals surface area (Å²) in [6, 6.07) is 0.520. The van der Waals surface area contributed by atoms with Gasteiger partial charge in [-0.05, 0) is 51.9 Å². The Bertz CT molecular complexity index is 619. The second-order valence-corrected chi connectivity index (χ2v) is 8.33. The number of ether oxygens (including phenoxy) is 1. The van der Waals surface area contributed by atoms with E-state index in [1.54, 1.807) is 10.9 Å². The Balaban J connectivity index is 1.57. The lowest BCUT2D eigenvalue weighted by Gasteiger charge is -2.50. The SMILES string of the molecule is C=Cn1cc(CN2CC3CCC2C(CNC(=O)OC(C)(C)C)C3)cn1. The van der Waals surface area contributed by atoms with E-state index < -0.39 is 5.60 Å². The van der Waals surface area contributed by atoms with Crippen LogP contribution in [0.4, 0.5) is 4.79 Å². The van der Waals surface area contributed by atoms with Gasteiger partial charge in [-0.15, -0.1) is 0 Å². The van der Waals surface area contributed by atoms with E-state index in [4.69, 9.17) is 4.74 Å². The molecule has 6 heteroatoms. The van der Waals surface area contributed by atoms with Gasteiger partial charge in [0.1, 0.15) is 5.60 Å². The number of fused-ring (bicyclic) bond motifs is 3. The molecule has 0 spiro atoms. The molecule has 1 aliphatic carbocycles. The zero-order valence-corrected chi connectivity index (χ0v) is 15.6. The van der Waals surface area contributed by atoms with E-state index in [0.29, 0.717) is 18.5 Å². The first-order chi connectivity index (χ1) is 11.8. The van der Waals surface area contributed by atoms with Crippen molar-refractivity contribution in [3.8, 4) is 0 Å². The fourth-order valence-corrected chi connectivity index (χ4v) is 4.18. The van der Waals surface area contributed by atoms with Crippen LogP contribution in [0, 0.1) is 11.8 Å². The standard InChI is InChI=1S/C19H30N4O2/c1-5-23-13-15(9-21-23)12-22-11-14-6-7-17(22)16(8-14)10-20-18(24)25-19(2,3)4/h5,9,13-14,16-17H,1,6-8,10-12H2,2-4H3,(H,20,24). The first kappa shape index (κ1) is 18.0. The minimum atomic E-state index is -0.451. The summed E-state index contributed by atoms with van der Waals surface area (Å²) in [4.78, 5) is 14.5. The summed E-state index contributed by atoms with van der Waals surface area (Å²) in [6.45, 7) is 12.2. The maximum atomic E-state index is 11.9. The first-order valence-corrected chi connectivity index (χ1v) is 9.20. The van der Waals surface area contributed by atoms with Crippen LogP contribution in [-0.4, -0.2) is 45.5 Å². The number of hydrogen-bond donors (Lipinski definition) is 1. The number of aromatic nitrogens is 2. The van der Waals surface area contributed by atoms with Crippen LogP contribution in [-0.2, 0) is 11.3 Å². The number of nitrogens with zero attached hydrogens (tertiary/aromatic N) is 3. The summed E-state index contributed by atoms with van der Waals surface area (Å²) in [5.74, 6) is 1.22. The zero-order valence-electron chi connectivity index (χ0n) is 15.6. The van der Waals surface area contributed by atoms with Crippen LogP contribution in [0.1, 0.15) is 45.6 Å². The minimum absolute atomic E-state index is 0.312. The molecule has 6 nitrogen and oxygen atoms in total. The second-order valence-electron chi connectivity index (χ2n) is 8.33. The highest BCUT2D eigenvalue weighted by molar-refractivity contribution is 5.67. The zero-order chi connectivity index (χ0) is 18.0. The Morgan fingerprint density at radius 3 is 2.92 bits per heavy atom. The molecule has 3 heterocycles. The molecule has 0 aromatic carbocycles. The van der Waals surface area contributed by atoms with E-state index >= 15 is 0 Å². The molecule has 1 saturated carbocycles. The highest BCUT2D eigenvalue weighted by atomic mass is 16.6. The van der Waals surface area contributed by atoms with Gasteiger partial charge in [-0.1, -0.05) is 6.58 Å². The topological polar surface area (TPSA) is 59.4 Å². The van der Waals surface area contributed by atoms with E-state index in [0.717, 1.165) is 19.0 Å². The van der Waals surface area contributed by atoms with E-state index in [1.165, 1.54) is 24.8 Å². The van der Waals surface area contributed by atoms with Gasteiger partial charge in [0.05, 0.1) is 6.20 Å². The van der Waals surface area contributed by atoms with Crippen LogP contribution < -0.4 is 5.32 Å². The Morgan fingerprint density at radius 2 is 2.28 bits per heavy atom. The molecule has 2 bridgehead atoms. The van der Waals surface area contributed by atoms with Gasteiger partial charge in [0.2, 0.25) is 0 Å². The molecule has 1 amide bonds. The van der Waals surface area contributed by atoms with E-state index in [2.05, 4.69) is 21.9 Å². The average Bonchev–Trinajstić information content (AvgIpc) is 2.99. The van der Waals surface area contributed by atoms with Crippen molar-refractivity contribution in [1.29, 1.82) is 0 Å². The van der Waals surface area contributed by atoms with Crippen molar-refractivity contribution in [2.24, 2.45) is 11.8 Å².